The number of aliphatic imine (C=N–C) groups is 1. The third-order valence-corrected chi connectivity index (χ3v) is 4.96. The second kappa shape index (κ2) is 11.3. The molecule has 1 aromatic heterocycles. The summed E-state index contributed by atoms with van der Waals surface area (Å²) in [5, 5.41) is 13.1. The molecule has 1 aromatic carbocycles. The Morgan fingerprint density at radius 3 is 2.52 bits per heavy atom. The largest absolute Gasteiger partial charge is 0.494 e. The van der Waals surface area contributed by atoms with Crippen molar-refractivity contribution < 1.29 is 9.90 Å². The molecule has 0 unspecified atom stereocenters. The summed E-state index contributed by atoms with van der Waals surface area (Å²) in [6.07, 6.45) is 8.00. The van der Waals surface area contributed by atoms with Crippen LogP contribution in [-0.4, -0.2) is 33.8 Å². The Morgan fingerprint density at radius 2 is 1.86 bits per heavy atom. The Hall–Kier alpha value is -2.74. The summed E-state index contributed by atoms with van der Waals surface area (Å²) in [5.41, 5.74) is 0.637. The first kappa shape index (κ1) is 22.5. The summed E-state index contributed by atoms with van der Waals surface area (Å²) in [5.74, 6) is -0.371. The van der Waals surface area contributed by atoms with Gasteiger partial charge in [-0.2, -0.15) is 0 Å². The van der Waals surface area contributed by atoms with Crippen LogP contribution in [0.5, 0.6) is 5.88 Å². The van der Waals surface area contributed by atoms with E-state index >= 15 is 0 Å². The molecule has 3 N–H and O–H groups in total. The van der Waals surface area contributed by atoms with E-state index in [9.17, 15) is 14.7 Å². The predicted molar refractivity (Wildman–Crippen MR) is 118 cm³/mol. The van der Waals surface area contributed by atoms with E-state index in [1.165, 1.54) is 30.0 Å². The highest BCUT2D eigenvalue weighted by molar-refractivity contribution is 7.71. The molecule has 8 heteroatoms. The zero-order chi connectivity index (χ0) is 21.2. The minimum absolute atomic E-state index is 0.0555. The third kappa shape index (κ3) is 6.39. The summed E-state index contributed by atoms with van der Waals surface area (Å²) in [7, 11) is 1.56. The van der Waals surface area contributed by atoms with Crippen LogP contribution in [0.3, 0.4) is 0 Å². The lowest BCUT2D eigenvalue weighted by molar-refractivity contribution is 0.0963. The van der Waals surface area contributed by atoms with Crippen molar-refractivity contribution >= 4 is 30.0 Å². The van der Waals surface area contributed by atoms with Crippen LogP contribution in [0.1, 0.15) is 61.4 Å². The van der Waals surface area contributed by atoms with E-state index in [1.807, 2.05) is 0 Å². The molecule has 1 heterocycles. The maximum Gasteiger partial charge on any atom is 0.264 e. The van der Waals surface area contributed by atoms with E-state index < -0.39 is 5.56 Å². The molecular weight excluding hydrogens is 388 g/mol. The monoisotopic (exact) mass is 416 g/mol. The number of amides is 1. The van der Waals surface area contributed by atoms with Crippen molar-refractivity contribution in [2.75, 3.05) is 7.05 Å². The molecule has 2 rings (SSSR count). The van der Waals surface area contributed by atoms with Crippen molar-refractivity contribution in [2.45, 2.75) is 52.0 Å². The fourth-order valence-corrected chi connectivity index (χ4v) is 3.20. The SMILES string of the molecule is CCCCCCCCn1c(O)c(C=Nc2ccc(C(=O)NC)cc2)c(=O)[nH]c1=S. The Kier molecular flexibility index (Phi) is 8.79. The topological polar surface area (TPSA) is 99.5 Å². The van der Waals surface area contributed by atoms with Crippen molar-refractivity contribution in [3.05, 3.63) is 50.5 Å². The van der Waals surface area contributed by atoms with Gasteiger partial charge in [-0.1, -0.05) is 39.0 Å². The quantitative estimate of drug-likeness (QED) is 0.309. The molecule has 0 radical (unpaired) electrons. The van der Waals surface area contributed by atoms with Crippen LogP contribution in [0.4, 0.5) is 5.69 Å². The van der Waals surface area contributed by atoms with Gasteiger partial charge in [-0.15, -0.1) is 0 Å². The molecule has 0 aliphatic carbocycles. The van der Waals surface area contributed by atoms with Gasteiger partial charge in [0.1, 0.15) is 5.56 Å². The number of nitrogens with one attached hydrogen (secondary N) is 2. The number of hydrogen-bond donors (Lipinski definition) is 3. The highest BCUT2D eigenvalue weighted by Gasteiger charge is 2.11. The fourth-order valence-electron chi connectivity index (χ4n) is 2.93. The lowest BCUT2D eigenvalue weighted by Crippen LogP contribution is -2.19. The number of rotatable bonds is 10. The zero-order valence-electron chi connectivity index (χ0n) is 16.9. The Labute approximate surface area is 175 Å². The fraction of sp³-hybridized carbons (Fsp3) is 0.429. The van der Waals surface area contributed by atoms with Gasteiger partial charge in [0.05, 0.1) is 5.69 Å². The van der Waals surface area contributed by atoms with E-state index in [1.54, 1.807) is 31.3 Å². The van der Waals surface area contributed by atoms with Crippen molar-refractivity contribution in [1.82, 2.24) is 14.9 Å². The summed E-state index contributed by atoms with van der Waals surface area (Å²) in [6, 6.07) is 6.61. The number of H-pyrrole nitrogens is 1. The molecule has 0 spiro atoms. The summed E-state index contributed by atoms with van der Waals surface area (Å²) in [6.45, 7) is 2.71. The maximum absolute atomic E-state index is 12.2. The van der Waals surface area contributed by atoms with Gasteiger partial charge in [-0.25, -0.2) is 0 Å². The third-order valence-electron chi connectivity index (χ3n) is 4.64. The van der Waals surface area contributed by atoms with Crippen LogP contribution >= 0.6 is 12.2 Å². The lowest BCUT2D eigenvalue weighted by Gasteiger charge is -2.11. The molecule has 0 aliphatic rings. The van der Waals surface area contributed by atoms with Gasteiger partial charge in [-0.3, -0.25) is 24.1 Å². The first-order chi connectivity index (χ1) is 14.0. The molecule has 7 nitrogen and oxygen atoms in total. The Morgan fingerprint density at radius 1 is 1.21 bits per heavy atom. The van der Waals surface area contributed by atoms with E-state index in [-0.39, 0.29) is 22.1 Å². The second-order valence-electron chi connectivity index (χ2n) is 6.80. The minimum Gasteiger partial charge on any atom is -0.494 e. The van der Waals surface area contributed by atoms with E-state index in [0.29, 0.717) is 17.8 Å². The molecule has 0 bridgehead atoms. The molecule has 0 saturated heterocycles. The predicted octanol–water partition coefficient (Wildman–Crippen LogP) is 4.08. The van der Waals surface area contributed by atoms with Crippen LogP contribution in [0.25, 0.3) is 0 Å². The molecule has 2 aromatic rings. The number of carbonyl (C=O) groups is 1. The number of nitrogens with zero attached hydrogens (tertiary/aromatic N) is 2. The van der Waals surface area contributed by atoms with Gasteiger partial charge in [0.15, 0.2) is 4.77 Å². The Balaban J connectivity index is 2.14. The molecular formula is C21H28N4O3S. The lowest BCUT2D eigenvalue weighted by atomic mass is 10.1. The summed E-state index contributed by atoms with van der Waals surface area (Å²) >= 11 is 5.20. The van der Waals surface area contributed by atoms with Crippen molar-refractivity contribution in [3.63, 3.8) is 0 Å². The number of aromatic amines is 1. The number of aromatic hydroxyl groups is 1. The van der Waals surface area contributed by atoms with Gasteiger partial charge >= 0.3 is 0 Å². The molecule has 0 aliphatic heterocycles. The van der Waals surface area contributed by atoms with Crippen LogP contribution in [-0.2, 0) is 6.54 Å². The molecule has 156 valence electrons. The normalized spacial score (nSPS) is 11.1. The number of hydrogen-bond acceptors (Lipinski definition) is 5. The highest BCUT2D eigenvalue weighted by Crippen LogP contribution is 2.17. The maximum atomic E-state index is 12.2. The number of aromatic nitrogens is 2. The van der Waals surface area contributed by atoms with Crippen LogP contribution < -0.4 is 10.9 Å². The van der Waals surface area contributed by atoms with E-state index in [0.717, 1.165) is 19.3 Å². The van der Waals surface area contributed by atoms with Gasteiger partial charge < -0.3 is 10.4 Å². The second-order valence-corrected chi connectivity index (χ2v) is 7.19. The molecule has 0 fully saturated rings. The standard InChI is InChI=1S/C21H28N4O3S/c1-3-4-5-6-7-8-13-25-20(28)17(19(27)24-21(25)29)14-23-16-11-9-15(10-12-16)18(26)22-2/h9-12,14,28H,3-8,13H2,1-2H3,(H,22,26)(H,24,27,29). The van der Waals surface area contributed by atoms with Crippen molar-refractivity contribution in [2.24, 2.45) is 4.99 Å². The molecule has 0 atom stereocenters. The van der Waals surface area contributed by atoms with Crippen LogP contribution in [0.2, 0.25) is 0 Å². The van der Waals surface area contributed by atoms with Crippen molar-refractivity contribution in [3.8, 4) is 5.88 Å². The minimum atomic E-state index is -0.488. The van der Waals surface area contributed by atoms with Crippen molar-refractivity contribution in [1.29, 1.82) is 0 Å². The smallest absolute Gasteiger partial charge is 0.264 e. The first-order valence-corrected chi connectivity index (χ1v) is 10.3. The average molecular weight is 417 g/mol. The van der Waals surface area contributed by atoms with Crippen LogP contribution in [0.15, 0.2) is 34.1 Å². The summed E-state index contributed by atoms with van der Waals surface area (Å²) in [4.78, 5) is 30.6. The van der Waals surface area contributed by atoms with Gasteiger partial charge in [0, 0.05) is 25.4 Å². The summed E-state index contributed by atoms with van der Waals surface area (Å²) < 4.78 is 1.74. The number of benzene rings is 1. The zero-order valence-corrected chi connectivity index (χ0v) is 17.7. The van der Waals surface area contributed by atoms with E-state index in [2.05, 4.69) is 22.2 Å². The van der Waals surface area contributed by atoms with Gasteiger partial charge in [0.2, 0.25) is 5.88 Å². The van der Waals surface area contributed by atoms with Gasteiger partial charge in [-0.05, 0) is 42.9 Å². The highest BCUT2D eigenvalue weighted by atomic mass is 32.1. The average Bonchev–Trinajstić information content (AvgIpc) is 2.72. The van der Waals surface area contributed by atoms with E-state index in [4.69, 9.17) is 12.2 Å². The Bertz CT molecular complexity index is 961. The molecule has 0 saturated carbocycles. The number of carbonyl (C=O) groups excluding carboxylic acids is 1. The van der Waals surface area contributed by atoms with Crippen LogP contribution in [0, 0.1) is 4.77 Å². The molecule has 29 heavy (non-hydrogen) atoms. The van der Waals surface area contributed by atoms with Gasteiger partial charge in [0.25, 0.3) is 11.5 Å². The molecule has 1 amide bonds. The first-order valence-electron chi connectivity index (χ1n) is 9.90. The number of unbranched alkanes of at least 4 members (excludes halogenated alkanes) is 5.